The van der Waals surface area contributed by atoms with Crippen LogP contribution < -0.4 is 9.47 Å². The third-order valence-electron chi connectivity index (χ3n) is 3.03. The SMILES string of the molecule is COc1cc(OC)c2cnc(-c3ccncc3)nc2c1. The summed E-state index contributed by atoms with van der Waals surface area (Å²) in [5, 5.41) is 0.853. The molecule has 0 bridgehead atoms. The summed E-state index contributed by atoms with van der Waals surface area (Å²) in [4.78, 5) is 12.9. The summed E-state index contributed by atoms with van der Waals surface area (Å²) < 4.78 is 10.6. The summed E-state index contributed by atoms with van der Waals surface area (Å²) >= 11 is 0. The maximum absolute atomic E-state index is 5.35. The van der Waals surface area contributed by atoms with Gasteiger partial charge in [0.25, 0.3) is 0 Å². The van der Waals surface area contributed by atoms with Crippen molar-refractivity contribution < 1.29 is 9.47 Å². The second-order valence-electron chi connectivity index (χ2n) is 4.19. The standard InChI is InChI=1S/C15H13N3O2/c1-19-11-7-13-12(14(8-11)20-2)9-17-15(18-13)10-3-5-16-6-4-10/h3-9H,1-2H3. The zero-order valence-electron chi connectivity index (χ0n) is 11.2. The van der Waals surface area contributed by atoms with Crippen molar-refractivity contribution in [2.45, 2.75) is 0 Å². The highest BCUT2D eigenvalue weighted by molar-refractivity contribution is 5.87. The normalized spacial score (nSPS) is 10.5. The summed E-state index contributed by atoms with van der Waals surface area (Å²) in [7, 11) is 3.23. The van der Waals surface area contributed by atoms with Gasteiger partial charge < -0.3 is 9.47 Å². The van der Waals surface area contributed by atoms with Crippen LogP contribution in [0.1, 0.15) is 0 Å². The average molecular weight is 267 g/mol. The van der Waals surface area contributed by atoms with Gasteiger partial charge in [0.05, 0.1) is 25.1 Å². The number of nitrogens with zero attached hydrogens (tertiary/aromatic N) is 3. The largest absolute Gasteiger partial charge is 0.497 e. The number of methoxy groups -OCH3 is 2. The first kappa shape index (κ1) is 12.3. The Balaban J connectivity index is 2.20. The quantitative estimate of drug-likeness (QED) is 0.730. The maximum atomic E-state index is 5.35. The highest BCUT2D eigenvalue weighted by Crippen LogP contribution is 2.30. The number of fused-ring (bicyclic) bond motifs is 1. The third-order valence-corrected chi connectivity index (χ3v) is 3.03. The molecule has 0 aliphatic carbocycles. The molecule has 5 heteroatoms. The first-order chi connectivity index (χ1) is 9.81. The first-order valence-corrected chi connectivity index (χ1v) is 6.11. The average Bonchev–Trinajstić information content (AvgIpc) is 2.54. The van der Waals surface area contributed by atoms with Crippen molar-refractivity contribution in [3.63, 3.8) is 0 Å². The minimum atomic E-state index is 0.648. The second-order valence-corrected chi connectivity index (χ2v) is 4.19. The Labute approximate surface area is 116 Å². The molecule has 0 N–H and O–H groups in total. The molecule has 0 unspecified atom stereocenters. The molecule has 3 rings (SSSR count). The van der Waals surface area contributed by atoms with Gasteiger partial charge in [-0.05, 0) is 12.1 Å². The Bertz CT molecular complexity index is 745. The number of pyridine rings is 1. The predicted octanol–water partition coefficient (Wildman–Crippen LogP) is 2.71. The Kier molecular flexibility index (Phi) is 3.16. The lowest BCUT2D eigenvalue weighted by atomic mass is 10.2. The van der Waals surface area contributed by atoms with E-state index in [0.717, 1.165) is 16.5 Å². The van der Waals surface area contributed by atoms with Crippen LogP contribution in [0, 0.1) is 0 Å². The van der Waals surface area contributed by atoms with Gasteiger partial charge in [-0.3, -0.25) is 4.98 Å². The molecule has 2 aromatic heterocycles. The first-order valence-electron chi connectivity index (χ1n) is 6.11. The molecule has 0 aliphatic rings. The van der Waals surface area contributed by atoms with Crippen LogP contribution in [-0.4, -0.2) is 29.2 Å². The minimum absolute atomic E-state index is 0.648. The number of aromatic nitrogens is 3. The maximum Gasteiger partial charge on any atom is 0.159 e. The Morgan fingerprint density at radius 1 is 1.00 bits per heavy atom. The number of hydrogen-bond donors (Lipinski definition) is 0. The van der Waals surface area contributed by atoms with E-state index in [9.17, 15) is 0 Å². The van der Waals surface area contributed by atoms with Crippen LogP contribution >= 0.6 is 0 Å². The monoisotopic (exact) mass is 267 g/mol. The van der Waals surface area contributed by atoms with Crippen LogP contribution in [-0.2, 0) is 0 Å². The van der Waals surface area contributed by atoms with Gasteiger partial charge in [-0.25, -0.2) is 9.97 Å². The van der Waals surface area contributed by atoms with E-state index in [1.807, 2.05) is 24.3 Å². The van der Waals surface area contributed by atoms with Crippen molar-refractivity contribution >= 4 is 10.9 Å². The van der Waals surface area contributed by atoms with Gasteiger partial charge in [-0.15, -0.1) is 0 Å². The van der Waals surface area contributed by atoms with Crippen LogP contribution in [0.4, 0.5) is 0 Å². The van der Waals surface area contributed by atoms with E-state index in [2.05, 4.69) is 15.0 Å². The van der Waals surface area contributed by atoms with Crippen LogP contribution in [0.3, 0.4) is 0 Å². The van der Waals surface area contributed by atoms with Crippen LogP contribution in [0.5, 0.6) is 11.5 Å². The van der Waals surface area contributed by atoms with Gasteiger partial charge in [0.1, 0.15) is 11.5 Å². The number of hydrogen-bond acceptors (Lipinski definition) is 5. The molecule has 1 aromatic carbocycles. The minimum Gasteiger partial charge on any atom is -0.497 e. The molecule has 5 nitrogen and oxygen atoms in total. The van der Waals surface area contributed by atoms with Gasteiger partial charge in [0.2, 0.25) is 0 Å². The highest BCUT2D eigenvalue weighted by Gasteiger charge is 2.09. The summed E-state index contributed by atoms with van der Waals surface area (Å²) in [5.41, 5.74) is 1.70. The molecule has 0 saturated carbocycles. The smallest absolute Gasteiger partial charge is 0.159 e. The zero-order chi connectivity index (χ0) is 13.9. The lowest BCUT2D eigenvalue weighted by molar-refractivity contribution is 0.397. The fourth-order valence-electron chi connectivity index (χ4n) is 2.01. The van der Waals surface area contributed by atoms with E-state index in [-0.39, 0.29) is 0 Å². The second kappa shape index (κ2) is 5.13. The molecule has 0 radical (unpaired) electrons. The van der Waals surface area contributed by atoms with Gasteiger partial charge in [0, 0.05) is 36.3 Å². The molecular formula is C15H13N3O2. The summed E-state index contributed by atoms with van der Waals surface area (Å²) in [5.74, 6) is 2.05. The van der Waals surface area contributed by atoms with E-state index in [1.165, 1.54) is 0 Å². The molecule has 20 heavy (non-hydrogen) atoms. The van der Waals surface area contributed by atoms with E-state index < -0.39 is 0 Å². The molecule has 100 valence electrons. The molecule has 0 atom stereocenters. The van der Waals surface area contributed by atoms with Crippen LogP contribution in [0.25, 0.3) is 22.3 Å². The topological polar surface area (TPSA) is 57.1 Å². The molecule has 0 aliphatic heterocycles. The lowest BCUT2D eigenvalue weighted by Crippen LogP contribution is -1.94. The molecule has 0 amide bonds. The van der Waals surface area contributed by atoms with E-state index in [4.69, 9.17) is 9.47 Å². The summed E-state index contributed by atoms with van der Waals surface area (Å²) in [6, 6.07) is 7.43. The lowest BCUT2D eigenvalue weighted by Gasteiger charge is -2.09. The van der Waals surface area contributed by atoms with Crippen molar-refractivity contribution in [1.29, 1.82) is 0 Å². The fraction of sp³-hybridized carbons (Fsp3) is 0.133. The number of rotatable bonds is 3. The fourth-order valence-corrected chi connectivity index (χ4v) is 2.01. The Morgan fingerprint density at radius 2 is 1.80 bits per heavy atom. The predicted molar refractivity (Wildman–Crippen MR) is 75.9 cm³/mol. The Hall–Kier alpha value is -2.69. The molecule has 0 saturated heterocycles. The Morgan fingerprint density at radius 3 is 2.50 bits per heavy atom. The molecule has 0 spiro atoms. The van der Waals surface area contributed by atoms with Crippen molar-refractivity contribution in [1.82, 2.24) is 15.0 Å². The van der Waals surface area contributed by atoms with Gasteiger partial charge >= 0.3 is 0 Å². The number of benzene rings is 1. The molecular weight excluding hydrogens is 254 g/mol. The van der Waals surface area contributed by atoms with E-state index >= 15 is 0 Å². The van der Waals surface area contributed by atoms with Crippen molar-refractivity contribution in [3.05, 3.63) is 42.9 Å². The third kappa shape index (κ3) is 2.14. The van der Waals surface area contributed by atoms with Gasteiger partial charge in [-0.1, -0.05) is 0 Å². The molecule has 3 aromatic rings. The van der Waals surface area contributed by atoms with Gasteiger partial charge in [0.15, 0.2) is 5.82 Å². The van der Waals surface area contributed by atoms with E-state index in [1.54, 1.807) is 32.8 Å². The molecule has 2 heterocycles. The summed E-state index contributed by atoms with van der Waals surface area (Å²) in [6.07, 6.45) is 5.19. The van der Waals surface area contributed by atoms with Crippen LogP contribution in [0.2, 0.25) is 0 Å². The van der Waals surface area contributed by atoms with Crippen molar-refractivity contribution in [2.24, 2.45) is 0 Å². The van der Waals surface area contributed by atoms with Crippen molar-refractivity contribution in [3.8, 4) is 22.9 Å². The highest BCUT2D eigenvalue weighted by atomic mass is 16.5. The zero-order valence-corrected chi connectivity index (χ0v) is 11.2. The van der Waals surface area contributed by atoms with E-state index in [0.29, 0.717) is 17.3 Å². The summed E-state index contributed by atoms with van der Waals surface area (Å²) in [6.45, 7) is 0. The van der Waals surface area contributed by atoms with Crippen molar-refractivity contribution in [2.75, 3.05) is 14.2 Å². The van der Waals surface area contributed by atoms with Gasteiger partial charge in [-0.2, -0.15) is 0 Å². The van der Waals surface area contributed by atoms with Crippen LogP contribution in [0.15, 0.2) is 42.9 Å². The molecule has 0 fully saturated rings. The number of ether oxygens (including phenoxy) is 2.